The highest BCUT2D eigenvalue weighted by Crippen LogP contribution is 2.33. The van der Waals surface area contributed by atoms with Gasteiger partial charge in [-0.05, 0) is 26.0 Å². The molecule has 0 amide bonds. The van der Waals surface area contributed by atoms with Crippen molar-refractivity contribution in [2.75, 3.05) is 6.26 Å². The lowest BCUT2D eigenvalue weighted by Gasteiger charge is -2.19. The first-order chi connectivity index (χ1) is 6.86. The number of aromatic nitrogens is 1. The van der Waals surface area contributed by atoms with E-state index in [-0.39, 0.29) is 5.54 Å². The zero-order valence-corrected chi connectivity index (χ0v) is 11.8. The first-order valence-corrected chi connectivity index (χ1v) is 7.35. The Morgan fingerprint density at radius 2 is 2.07 bits per heavy atom. The smallest absolute Gasteiger partial charge is 0.103 e. The molecule has 0 radical (unpaired) electrons. The highest BCUT2D eigenvalue weighted by atomic mass is 32.2. The zero-order valence-electron chi connectivity index (χ0n) is 10.1. The standard InChI is InChI=1S/C11H20N2S2/c1-7(2)9-10(11(3,4)12)15-8(13-9)6-14-5/h7H,6,12H2,1-5H3. The molecular weight excluding hydrogens is 224 g/mol. The van der Waals surface area contributed by atoms with E-state index in [0.717, 1.165) is 5.75 Å². The van der Waals surface area contributed by atoms with Crippen LogP contribution in [0.4, 0.5) is 0 Å². The molecular formula is C11H20N2S2. The molecule has 2 nitrogen and oxygen atoms in total. The highest BCUT2D eigenvalue weighted by molar-refractivity contribution is 7.97. The lowest BCUT2D eigenvalue weighted by molar-refractivity contribution is 0.553. The van der Waals surface area contributed by atoms with Gasteiger partial charge in [0.05, 0.1) is 5.69 Å². The Morgan fingerprint density at radius 3 is 2.40 bits per heavy atom. The number of hydrogen-bond donors (Lipinski definition) is 1. The first kappa shape index (κ1) is 13.0. The van der Waals surface area contributed by atoms with E-state index in [0.29, 0.717) is 5.92 Å². The molecule has 0 saturated heterocycles. The van der Waals surface area contributed by atoms with Crippen LogP contribution in [-0.2, 0) is 11.3 Å². The van der Waals surface area contributed by atoms with Gasteiger partial charge in [0.15, 0.2) is 0 Å². The fourth-order valence-electron chi connectivity index (χ4n) is 1.42. The summed E-state index contributed by atoms with van der Waals surface area (Å²) in [5.41, 5.74) is 7.08. The number of thiazole rings is 1. The fourth-order valence-corrected chi connectivity index (χ4v) is 3.35. The molecule has 0 unspecified atom stereocenters. The second-order valence-corrected chi connectivity index (χ2v) is 6.58. The van der Waals surface area contributed by atoms with Gasteiger partial charge in [0.2, 0.25) is 0 Å². The van der Waals surface area contributed by atoms with Crippen LogP contribution in [0.15, 0.2) is 0 Å². The second-order valence-electron chi connectivity index (χ2n) is 4.63. The molecule has 0 spiro atoms. The zero-order chi connectivity index (χ0) is 11.6. The van der Waals surface area contributed by atoms with E-state index in [9.17, 15) is 0 Å². The van der Waals surface area contributed by atoms with Crippen molar-refractivity contribution in [3.05, 3.63) is 15.6 Å². The Labute approximate surface area is 101 Å². The number of hydrogen-bond acceptors (Lipinski definition) is 4. The van der Waals surface area contributed by atoms with Crippen LogP contribution in [0.1, 0.15) is 49.2 Å². The van der Waals surface area contributed by atoms with Crippen LogP contribution in [0, 0.1) is 0 Å². The molecule has 2 N–H and O–H groups in total. The molecule has 0 bridgehead atoms. The lowest BCUT2D eigenvalue weighted by Crippen LogP contribution is -2.28. The van der Waals surface area contributed by atoms with Crippen molar-refractivity contribution in [1.29, 1.82) is 0 Å². The van der Waals surface area contributed by atoms with Gasteiger partial charge in [-0.3, -0.25) is 0 Å². The van der Waals surface area contributed by atoms with E-state index in [2.05, 4.69) is 38.9 Å². The summed E-state index contributed by atoms with van der Waals surface area (Å²) in [5.74, 6) is 1.44. The largest absolute Gasteiger partial charge is 0.321 e. The summed E-state index contributed by atoms with van der Waals surface area (Å²) in [4.78, 5) is 5.92. The van der Waals surface area contributed by atoms with Crippen molar-refractivity contribution in [1.82, 2.24) is 4.98 Å². The highest BCUT2D eigenvalue weighted by Gasteiger charge is 2.24. The van der Waals surface area contributed by atoms with Crippen molar-refractivity contribution >= 4 is 23.1 Å². The van der Waals surface area contributed by atoms with Gasteiger partial charge >= 0.3 is 0 Å². The Kier molecular flexibility index (Phi) is 4.20. The van der Waals surface area contributed by atoms with Crippen LogP contribution in [0.25, 0.3) is 0 Å². The van der Waals surface area contributed by atoms with Crippen LogP contribution < -0.4 is 5.73 Å². The third-order valence-electron chi connectivity index (χ3n) is 2.10. The Hall–Kier alpha value is -0.0600. The monoisotopic (exact) mass is 244 g/mol. The molecule has 4 heteroatoms. The molecule has 0 saturated carbocycles. The number of nitrogens with zero attached hydrogens (tertiary/aromatic N) is 1. The van der Waals surface area contributed by atoms with Gasteiger partial charge in [-0.1, -0.05) is 13.8 Å². The summed E-state index contributed by atoms with van der Waals surface area (Å²) in [6, 6.07) is 0. The summed E-state index contributed by atoms with van der Waals surface area (Å²) in [6.45, 7) is 8.45. The first-order valence-electron chi connectivity index (χ1n) is 5.14. The summed E-state index contributed by atoms with van der Waals surface area (Å²) in [7, 11) is 0. The number of rotatable bonds is 4. The summed E-state index contributed by atoms with van der Waals surface area (Å²) < 4.78 is 0. The minimum absolute atomic E-state index is 0.270. The minimum atomic E-state index is -0.270. The maximum atomic E-state index is 6.17. The van der Waals surface area contributed by atoms with E-state index in [4.69, 9.17) is 5.73 Å². The number of nitrogens with two attached hydrogens (primary N) is 1. The maximum Gasteiger partial charge on any atom is 0.103 e. The van der Waals surface area contributed by atoms with Crippen LogP contribution in [0.5, 0.6) is 0 Å². The van der Waals surface area contributed by atoms with Crippen molar-refractivity contribution in [2.45, 2.75) is 44.9 Å². The van der Waals surface area contributed by atoms with E-state index in [1.165, 1.54) is 15.6 Å². The van der Waals surface area contributed by atoms with Gasteiger partial charge in [-0.25, -0.2) is 4.98 Å². The Balaban J connectivity index is 3.12. The van der Waals surface area contributed by atoms with Gasteiger partial charge in [0, 0.05) is 16.2 Å². The average Bonchev–Trinajstić information content (AvgIpc) is 2.48. The van der Waals surface area contributed by atoms with Gasteiger partial charge in [-0.2, -0.15) is 11.8 Å². The van der Waals surface area contributed by atoms with Crippen LogP contribution in [0.3, 0.4) is 0 Å². The predicted octanol–water partition coefficient (Wildman–Crippen LogP) is 3.32. The summed E-state index contributed by atoms with van der Waals surface area (Å²) >= 11 is 3.57. The molecule has 0 aliphatic rings. The normalized spacial score (nSPS) is 12.5. The molecule has 0 atom stereocenters. The van der Waals surface area contributed by atoms with Crippen LogP contribution >= 0.6 is 23.1 Å². The average molecular weight is 244 g/mol. The maximum absolute atomic E-state index is 6.17. The molecule has 0 aliphatic carbocycles. The quantitative estimate of drug-likeness (QED) is 0.883. The van der Waals surface area contributed by atoms with Crippen molar-refractivity contribution < 1.29 is 0 Å². The topological polar surface area (TPSA) is 38.9 Å². The van der Waals surface area contributed by atoms with Gasteiger partial charge in [0.1, 0.15) is 5.01 Å². The third-order valence-corrected chi connectivity index (χ3v) is 4.25. The molecule has 86 valence electrons. The Bertz CT molecular complexity index is 324. The molecule has 1 heterocycles. The SMILES string of the molecule is CSCc1nc(C(C)C)c(C(C)(C)N)s1. The van der Waals surface area contributed by atoms with E-state index < -0.39 is 0 Å². The van der Waals surface area contributed by atoms with Gasteiger partial charge in [0.25, 0.3) is 0 Å². The third kappa shape index (κ3) is 3.20. The molecule has 1 aromatic heterocycles. The molecule has 15 heavy (non-hydrogen) atoms. The van der Waals surface area contributed by atoms with Gasteiger partial charge in [-0.15, -0.1) is 11.3 Å². The lowest BCUT2D eigenvalue weighted by atomic mass is 9.98. The van der Waals surface area contributed by atoms with Crippen molar-refractivity contribution in [3.63, 3.8) is 0 Å². The van der Waals surface area contributed by atoms with Crippen molar-refractivity contribution in [3.8, 4) is 0 Å². The van der Waals surface area contributed by atoms with Crippen LogP contribution in [0.2, 0.25) is 0 Å². The van der Waals surface area contributed by atoms with E-state index in [1.54, 1.807) is 23.1 Å². The fraction of sp³-hybridized carbons (Fsp3) is 0.727. The molecule has 0 aromatic carbocycles. The predicted molar refractivity (Wildman–Crippen MR) is 70.6 cm³/mol. The van der Waals surface area contributed by atoms with Gasteiger partial charge < -0.3 is 5.73 Å². The molecule has 1 aromatic rings. The molecule has 1 rings (SSSR count). The Morgan fingerprint density at radius 1 is 1.47 bits per heavy atom. The molecule has 0 fully saturated rings. The second kappa shape index (κ2) is 4.85. The summed E-state index contributed by atoms with van der Waals surface area (Å²) in [5, 5.41) is 1.19. The molecule has 0 aliphatic heterocycles. The van der Waals surface area contributed by atoms with E-state index >= 15 is 0 Å². The van der Waals surface area contributed by atoms with Crippen molar-refractivity contribution in [2.24, 2.45) is 5.73 Å². The minimum Gasteiger partial charge on any atom is -0.321 e. The van der Waals surface area contributed by atoms with E-state index in [1.807, 2.05) is 0 Å². The number of thioether (sulfide) groups is 1. The van der Waals surface area contributed by atoms with Crippen LogP contribution in [-0.4, -0.2) is 11.2 Å². The summed E-state index contributed by atoms with van der Waals surface area (Å²) in [6.07, 6.45) is 2.10.